The van der Waals surface area contributed by atoms with Crippen LogP contribution in [-0.2, 0) is 0 Å². The number of fused-ring (bicyclic) bond motifs is 2. The van der Waals surface area contributed by atoms with Gasteiger partial charge in [0.25, 0.3) is 0 Å². The zero-order valence-corrected chi connectivity index (χ0v) is 38.1. The van der Waals surface area contributed by atoms with Gasteiger partial charge < -0.3 is 9.80 Å². The van der Waals surface area contributed by atoms with Crippen LogP contribution >= 0.6 is 0 Å². The lowest BCUT2D eigenvalue weighted by Crippen LogP contribution is -2.37. The van der Waals surface area contributed by atoms with Gasteiger partial charge in [-0.3, -0.25) is 0 Å². The Bertz CT molecular complexity index is 3410. The molecular formula is C61H48N8. The van der Waals surface area contributed by atoms with Crippen molar-refractivity contribution in [2.75, 3.05) is 9.80 Å². The number of para-hydroxylation sites is 3. The lowest BCUT2D eigenvalue weighted by molar-refractivity contribution is 0.284. The van der Waals surface area contributed by atoms with E-state index in [4.69, 9.17) is 15.3 Å². The minimum atomic E-state index is -0.0509. The number of hydrazine groups is 1. The maximum Gasteiger partial charge on any atom is 0.115 e. The molecule has 2 heterocycles. The van der Waals surface area contributed by atoms with Crippen molar-refractivity contribution in [1.82, 2.24) is 25.5 Å². The van der Waals surface area contributed by atoms with Crippen molar-refractivity contribution < 1.29 is 0 Å². The summed E-state index contributed by atoms with van der Waals surface area (Å²) in [5.41, 5.74) is 21.4. The highest BCUT2D eigenvalue weighted by Gasteiger charge is 2.28. The molecule has 0 spiro atoms. The first-order valence-corrected chi connectivity index (χ1v) is 23.1. The molecule has 11 rings (SSSR count). The summed E-state index contributed by atoms with van der Waals surface area (Å²) in [5, 5.41) is 16.2. The fourth-order valence-electron chi connectivity index (χ4n) is 8.82. The molecule has 1 aromatic heterocycles. The molecule has 8 nitrogen and oxygen atoms in total. The second-order valence-corrected chi connectivity index (χ2v) is 16.9. The van der Waals surface area contributed by atoms with Crippen molar-refractivity contribution >= 4 is 45.2 Å². The van der Waals surface area contributed by atoms with Gasteiger partial charge in [0.1, 0.15) is 11.0 Å². The Morgan fingerprint density at radius 1 is 0.507 bits per heavy atom. The number of allylic oxidation sites excluding steroid dienone is 6. The summed E-state index contributed by atoms with van der Waals surface area (Å²) in [6, 6.07) is 72.4. The average Bonchev–Trinajstić information content (AvgIpc) is 4.05. The molecule has 332 valence electrons. The molecule has 1 aliphatic carbocycles. The normalized spacial score (nSPS) is 14.4. The fraction of sp³-hybridized carbons (Fsp3) is 0.0328. The van der Waals surface area contributed by atoms with E-state index in [2.05, 4.69) is 204 Å². The maximum atomic E-state index is 4.83. The average molecular weight is 893 g/mol. The van der Waals surface area contributed by atoms with Crippen LogP contribution in [0.25, 0.3) is 50.1 Å². The van der Waals surface area contributed by atoms with Gasteiger partial charge in [-0.1, -0.05) is 152 Å². The highest BCUT2D eigenvalue weighted by molar-refractivity contribution is 6.03. The van der Waals surface area contributed by atoms with Gasteiger partial charge >= 0.3 is 0 Å². The van der Waals surface area contributed by atoms with E-state index in [0.29, 0.717) is 0 Å². The number of aromatic nitrogens is 3. The second kappa shape index (κ2) is 19.0. The number of nitrogens with one attached hydrogen (secondary N) is 1. The van der Waals surface area contributed by atoms with Crippen LogP contribution in [0.1, 0.15) is 6.92 Å². The summed E-state index contributed by atoms with van der Waals surface area (Å²) >= 11 is 0. The van der Waals surface area contributed by atoms with Crippen molar-refractivity contribution in [2.45, 2.75) is 13.0 Å². The van der Waals surface area contributed by atoms with Crippen LogP contribution < -0.4 is 15.2 Å². The number of hydrogen-bond donors (Lipinski definition) is 1. The molecule has 69 heavy (non-hydrogen) atoms. The van der Waals surface area contributed by atoms with Crippen molar-refractivity contribution in [3.63, 3.8) is 0 Å². The summed E-state index contributed by atoms with van der Waals surface area (Å²) in [4.78, 5) is 6.25. The minimum Gasteiger partial charge on any atom is -0.311 e. The van der Waals surface area contributed by atoms with Crippen molar-refractivity contribution in [1.29, 1.82) is 0 Å². The molecule has 8 aromatic carbocycles. The molecule has 0 saturated carbocycles. The Labute approximate surface area is 402 Å². The topological polar surface area (TPSA) is 64.8 Å². The molecule has 0 amide bonds. The lowest BCUT2D eigenvalue weighted by atomic mass is 9.97. The molecule has 1 aliphatic heterocycles. The van der Waals surface area contributed by atoms with E-state index >= 15 is 0 Å². The van der Waals surface area contributed by atoms with Gasteiger partial charge in [0.2, 0.25) is 0 Å². The SMILES string of the molecule is C=C/C=C\C=C(/C)N1N=C2C=CC(N(c3ccccc3)c3ccc(-c4ccc(-c5ccc(-c6ccc(N(c7ccccc7)c7ccc8nn(-c9ccccc9)nc8c7)cc6)cc5)cc4)cc3)=CC2N1. The van der Waals surface area contributed by atoms with E-state index in [1.54, 1.807) is 10.9 Å². The van der Waals surface area contributed by atoms with E-state index in [-0.39, 0.29) is 6.04 Å². The zero-order chi connectivity index (χ0) is 46.5. The smallest absolute Gasteiger partial charge is 0.115 e. The summed E-state index contributed by atoms with van der Waals surface area (Å²) in [6.07, 6.45) is 14.1. The number of benzene rings is 8. The van der Waals surface area contributed by atoms with Crippen LogP contribution in [0.5, 0.6) is 0 Å². The fourth-order valence-corrected chi connectivity index (χ4v) is 8.82. The monoisotopic (exact) mass is 892 g/mol. The Balaban J connectivity index is 0.788. The summed E-state index contributed by atoms with van der Waals surface area (Å²) in [6.45, 7) is 5.79. The Kier molecular flexibility index (Phi) is 11.7. The molecular weight excluding hydrogens is 845 g/mol. The van der Waals surface area contributed by atoms with Crippen LogP contribution in [0, 0.1) is 0 Å². The molecule has 0 bridgehead atoms. The van der Waals surface area contributed by atoms with Crippen molar-refractivity contribution in [2.24, 2.45) is 5.10 Å². The van der Waals surface area contributed by atoms with E-state index < -0.39 is 0 Å². The standard InChI is InChI=1S/C61H48N8/c1-3-4-8-15-44(2)68-62-58-40-38-56(42-60(58)64-68)66(51-16-9-5-10-17-51)53-34-30-49(31-35-53)47-26-22-45(23-27-47)46-24-28-48(29-25-46)50-32-36-54(37-33-50)67(52-18-11-6-12-19-52)57-39-41-59-61(43-57)65-69(63-59)55-20-13-7-14-21-55/h3-43,60,64H,1H2,2H3/b8-4-,44-15+. The zero-order valence-electron chi connectivity index (χ0n) is 38.1. The minimum absolute atomic E-state index is 0.0509. The Hall–Kier alpha value is -9.11. The maximum absolute atomic E-state index is 4.83. The number of hydrogen-bond acceptors (Lipinski definition) is 7. The number of rotatable bonds is 13. The third kappa shape index (κ3) is 8.95. The van der Waals surface area contributed by atoms with Crippen LogP contribution in [-0.4, -0.2) is 31.9 Å². The van der Waals surface area contributed by atoms with Gasteiger partial charge in [0.15, 0.2) is 0 Å². The predicted octanol–water partition coefficient (Wildman–Crippen LogP) is 14.7. The van der Waals surface area contributed by atoms with Gasteiger partial charge in [-0.05, 0) is 143 Å². The summed E-state index contributed by atoms with van der Waals surface area (Å²) in [5.74, 6) is 0. The highest BCUT2D eigenvalue weighted by Crippen LogP contribution is 2.38. The van der Waals surface area contributed by atoms with Crippen LogP contribution in [0.15, 0.2) is 272 Å². The van der Waals surface area contributed by atoms with Crippen LogP contribution in [0.3, 0.4) is 0 Å². The first-order chi connectivity index (χ1) is 34.0. The number of anilines is 5. The first kappa shape index (κ1) is 42.5. The van der Waals surface area contributed by atoms with Gasteiger partial charge in [0, 0.05) is 34.1 Å². The number of hydrazone groups is 1. The first-order valence-electron chi connectivity index (χ1n) is 23.1. The Morgan fingerprint density at radius 3 is 1.52 bits per heavy atom. The molecule has 8 heteroatoms. The molecule has 0 fully saturated rings. The largest absolute Gasteiger partial charge is 0.311 e. The molecule has 2 aliphatic rings. The van der Waals surface area contributed by atoms with Gasteiger partial charge in [-0.2, -0.15) is 9.90 Å². The van der Waals surface area contributed by atoms with E-state index in [1.807, 2.05) is 72.7 Å². The van der Waals surface area contributed by atoms with Gasteiger partial charge in [-0.25, -0.2) is 10.5 Å². The third-order valence-corrected chi connectivity index (χ3v) is 12.4. The van der Waals surface area contributed by atoms with E-state index in [0.717, 1.165) is 84.5 Å². The Morgan fingerprint density at radius 2 is 0.971 bits per heavy atom. The number of nitrogens with zero attached hydrogens (tertiary/aromatic N) is 7. The molecule has 0 saturated heterocycles. The molecule has 1 N–H and O–H groups in total. The predicted molar refractivity (Wildman–Crippen MR) is 285 cm³/mol. The van der Waals surface area contributed by atoms with Crippen LogP contribution in [0.4, 0.5) is 28.4 Å². The van der Waals surface area contributed by atoms with Crippen LogP contribution in [0.2, 0.25) is 0 Å². The summed E-state index contributed by atoms with van der Waals surface area (Å²) < 4.78 is 0. The molecule has 1 unspecified atom stereocenters. The van der Waals surface area contributed by atoms with Crippen molar-refractivity contribution in [3.05, 3.63) is 267 Å². The van der Waals surface area contributed by atoms with Crippen molar-refractivity contribution in [3.8, 4) is 39.1 Å². The third-order valence-electron chi connectivity index (χ3n) is 12.4. The quantitative estimate of drug-likeness (QED) is 0.116. The second-order valence-electron chi connectivity index (χ2n) is 16.9. The highest BCUT2D eigenvalue weighted by atomic mass is 15.7. The summed E-state index contributed by atoms with van der Waals surface area (Å²) in [7, 11) is 0. The molecule has 0 radical (unpaired) electrons. The van der Waals surface area contributed by atoms with E-state index in [9.17, 15) is 0 Å². The lowest BCUT2D eigenvalue weighted by Gasteiger charge is -2.29. The van der Waals surface area contributed by atoms with E-state index in [1.165, 1.54) is 11.1 Å². The molecule has 1 atom stereocenters. The van der Waals surface area contributed by atoms with Gasteiger partial charge in [0.05, 0.1) is 23.1 Å². The van der Waals surface area contributed by atoms with Gasteiger partial charge in [-0.15, -0.1) is 10.2 Å². The molecule has 9 aromatic rings.